The SMILES string of the molecule is CN1CCN(c2ccc(C(=O)Nc3nn(C(=O)OC(C)(C)C)c4cc(Oc5ccc(Oc6ccccc6)cc5)ccc34)cc2)CC1. The number of likely N-dealkylation sites (N-methyl/N-ethyl adjacent to an activating group) is 1. The summed E-state index contributed by atoms with van der Waals surface area (Å²) in [6, 6.07) is 29.5. The number of ether oxygens (including phenoxy) is 3. The van der Waals surface area contributed by atoms with Gasteiger partial charge in [0.1, 0.15) is 28.6 Å². The van der Waals surface area contributed by atoms with Gasteiger partial charge in [0.2, 0.25) is 0 Å². The molecule has 6 rings (SSSR count). The van der Waals surface area contributed by atoms with Crippen LogP contribution in [0.4, 0.5) is 16.3 Å². The lowest BCUT2D eigenvalue weighted by molar-refractivity contribution is 0.0522. The number of aromatic nitrogens is 2. The van der Waals surface area contributed by atoms with Gasteiger partial charge in [-0.2, -0.15) is 4.68 Å². The first kappa shape index (κ1) is 30.7. The Bertz CT molecular complexity index is 1820. The van der Waals surface area contributed by atoms with Crippen LogP contribution in [0.3, 0.4) is 0 Å². The van der Waals surface area contributed by atoms with Crippen LogP contribution >= 0.6 is 0 Å². The molecule has 1 fully saturated rings. The highest BCUT2D eigenvalue weighted by Gasteiger charge is 2.24. The quantitative estimate of drug-likeness (QED) is 0.201. The van der Waals surface area contributed by atoms with Gasteiger partial charge in [-0.25, -0.2) is 4.79 Å². The topological polar surface area (TPSA) is 98.2 Å². The maximum Gasteiger partial charge on any atom is 0.435 e. The molecule has 236 valence electrons. The molecule has 10 heteroatoms. The summed E-state index contributed by atoms with van der Waals surface area (Å²) in [6.45, 7) is 9.22. The average molecular weight is 620 g/mol. The summed E-state index contributed by atoms with van der Waals surface area (Å²) in [6.07, 6.45) is -0.672. The lowest BCUT2D eigenvalue weighted by Crippen LogP contribution is -2.44. The number of carbonyl (C=O) groups is 2. The Morgan fingerprint density at radius 3 is 1.96 bits per heavy atom. The van der Waals surface area contributed by atoms with E-state index in [2.05, 4.69) is 27.3 Å². The van der Waals surface area contributed by atoms with Gasteiger partial charge < -0.3 is 29.3 Å². The molecular weight excluding hydrogens is 582 g/mol. The largest absolute Gasteiger partial charge is 0.457 e. The van der Waals surface area contributed by atoms with Crippen LogP contribution in [0.1, 0.15) is 31.1 Å². The van der Waals surface area contributed by atoms with Crippen molar-refractivity contribution < 1.29 is 23.8 Å². The summed E-state index contributed by atoms with van der Waals surface area (Å²) in [5.74, 6) is 2.37. The van der Waals surface area contributed by atoms with Crippen molar-refractivity contribution in [3.8, 4) is 23.0 Å². The molecule has 0 bridgehead atoms. The van der Waals surface area contributed by atoms with E-state index in [4.69, 9.17) is 14.2 Å². The molecule has 4 aromatic carbocycles. The van der Waals surface area contributed by atoms with Gasteiger partial charge in [0, 0.05) is 48.9 Å². The number of hydrogen-bond donors (Lipinski definition) is 1. The summed E-state index contributed by atoms with van der Waals surface area (Å²) in [5.41, 5.74) is 1.24. The number of carbonyl (C=O) groups excluding carboxylic acids is 2. The van der Waals surface area contributed by atoms with Crippen molar-refractivity contribution in [1.82, 2.24) is 14.7 Å². The third-order valence-corrected chi connectivity index (χ3v) is 7.49. The molecule has 0 unspecified atom stereocenters. The maximum atomic E-state index is 13.3. The molecule has 1 N–H and O–H groups in total. The summed E-state index contributed by atoms with van der Waals surface area (Å²) in [5, 5.41) is 7.91. The second kappa shape index (κ2) is 12.9. The second-order valence-electron chi connectivity index (χ2n) is 12.2. The standard InChI is InChI=1S/C36H37N5O5/c1-36(2,3)46-35(43)41-32-24-30(45-29-16-14-28(15-17-29)44-27-8-6-5-7-9-27)18-19-31(32)33(38-41)37-34(42)25-10-12-26(13-11-25)40-22-20-39(4)21-23-40/h5-19,24H,20-23H2,1-4H3,(H,37,38,42). The first-order valence-corrected chi connectivity index (χ1v) is 15.2. The Kier molecular flexibility index (Phi) is 8.63. The Labute approximate surface area is 268 Å². The Balaban J connectivity index is 1.22. The molecule has 10 nitrogen and oxygen atoms in total. The van der Waals surface area contributed by atoms with Gasteiger partial charge in [0.15, 0.2) is 5.82 Å². The summed E-state index contributed by atoms with van der Waals surface area (Å²) < 4.78 is 18.7. The number of rotatable bonds is 7. The van der Waals surface area contributed by atoms with Gasteiger partial charge in [-0.1, -0.05) is 18.2 Å². The molecule has 0 saturated carbocycles. The number of fused-ring (bicyclic) bond motifs is 1. The highest BCUT2D eigenvalue weighted by Crippen LogP contribution is 2.32. The van der Waals surface area contributed by atoms with Crippen molar-refractivity contribution in [2.24, 2.45) is 0 Å². The zero-order valence-corrected chi connectivity index (χ0v) is 26.4. The Morgan fingerprint density at radius 1 is 0.739 bits per heavy atom. The molecule has 2 heterocycles. The number of benzene rings is 4. The van der Waals surface area contributed by atoms with Crippen LogP contribution in [0.5, 0.6) is 23.0 Å². The number of amides is 1. The van der Waals surface area contributed by atoms with Crippen molar-refractivity contribution in [3.05, 3.63) is 103 Å². The van der Waals surface area contributed by atoms with Gasteiger partial charge in [-0.05, 0) is 101 Å². The van der Waals surface area contributed by atoms with Crippen LogP contribution in [0.15, 0.2) is 97.1 Å². The normalized spacial score (nSPS) is 13.8. The van der Waals surface area contributed by atoms with E-state index in [9.17, 15) is 9.59 Å². The molecule has 0 atom stereocenters. The van der Waals surface area contributed by atoms with Crippen molar-refractivity contribution in [2.75, 3.05) is 43.4 Å². The van der Waals surface area contributed by atoms with Crippen LogP contribution < -0.4 is 19.7 Å². The van der Waals surface area contributed by atoms with Crippen LogP contribution in [0.2, 0.25) is 0 Å². The minimum Gasteiger partial charge on any atom is -0.457 e. The van der Waals surface area contributed by atoms with Gasteiger partial charge in [-0.15, -0.1) is 5.10 Å². The molecule has 1 saturated heterocycles. The van der Waals surface area contributed by atoms with E-state index in [0.29, 0.717) is 33.7 Å². The first-order valence-electron chi connectivity index (χ1n) is 15.2. The number of para-hydroxylation sites is 1. The lowest BCUT2D eigenvalue weighted by atomic mass is 10.1. The number of nitrogens with zero attached hydrogens (tertiary/aromatic N) is 4. The first-order chi connectivity index (χ1) is 22.1. The van der Waals surface area contributed by atoms with Gasteiger partial charge >= 0.3 is 6.09 Å². The predicted octanol–water partition coefficient (Wildman–Crippen LogP) is 7.41. The third kappa shape index (κ3) is 7.30. The minimum atomic E-state index is -0.748. The summed E-state index contributed by atoms with van der Waals surface area (Å²) in [4.78, 5) is 31.1. The fourth-order valence-corrected chi connectivity index (χ4v) is 5.10. The van der Waals surface area contributed by atoms with Crippen molar-refractivity contribution in [2.45, 2.75) is 26.4 Å². The van der Waals surface area contributed by atoms with Crippen LogP contribution in [0.25, 0.3) is 10.9 Å². The third-order valence-electron chi connectivity index (χ3n) is 7.49. The Hall–Kier alpha value is -5.35. The number of anilines is 2. The van der Waals surface area contributed by atoms with E-state index < -0.39 is 11.7 Å². The minimum absolute atomic E-state index is 0.239. The zero-order valence-electron chi connectivity index (χ0n) is 26.4. The van der Waals surface area contributed by atoms with Gasteiger partial charge in [-0.3, -0.25) is 4.79 Å². The smallest absolute Gasteiger partial charge is 0.435 e. The predicted molar refractivity (Wildman–Crippen MR) is 179 cm³/mol. The molecule has 0 aliphatic carbocycles. The molecule has 1 aromatic heterocycles. The van der Waals surface area contributed by atoms with Crippen LogP contribution in [-0.2, 0) is 4.74 Å². The van der Waals surface area contributed by atoms with Gasteiger partial charge in [0.25, 0.3) is 5.91 Å². The fraction of sp³-hybridized carbons (Fsp3) is 0.250. The number of piperazine rings is 1. The highest BCUT2D eigenvalue weighted by molar-refractivity contribution is 6.09. The molecule has 1 aliphatic heterocycles. The van der Waals surface area contributed by atoms with Crippen molar-refractivity contribution >= 4 is 34.4 Å². The molecule has 5 aromatic rings. The number of hydrogen-bond acceptors (Lipinski definition) is 8. The average Bonchev–Trinajstić information content (AvgIpc) is 3.39. The van der Waals surface area contributed by atoms with Crippen molar-refractivity contribution in [1.29, 1.82) is 0 Å². The summed E-state index contributed by atoms with van der Waals surface area (Å²) in [7, 11) is 2.12. The number of nitrogens with one attached hydrogen (secondary N) is 1. The molecule has 1 amide bonds. The maximum absolute atomic E-state index is 13.3. The Morgan fingerprint density at radius 2 is 1.33 bits per heavy atom. The van der Waals surface area contributed by atoms with E-state index >= 15 is 0 Å². The van der Waals surface area contributed by atoms with E-state index in [1.165, 1.54) is 0 Å². The van der Waals surface area contributed by atoms with E-state index in [-0.39, 0.29) is 11.7 Å². The second-order valence-corrected chi connectivity index (χ2v) is 12.2. The molecular formula is C36H37N5O5. The zero-order chi connectivity index (χ0) is 32.3. The van der Waals surface area contributed by atoms with Crippen molar-refractivity contribution in [3.63, 3.8) is 0 Å². The van der Waals surface area contributed by atoms with E-state index in [1.54, 1.807) is 63.2 Å². The molecule has 1 aliphatic rings. The molecule has 46 heavy (non-hydrogen) atoms. The van der Waals surface area contributed by atoms with E-state index in [0.717, 1.165) is 42.3 Å². The van der Waals surface area contributed by atoms with Gasteiger partial charge in [0.05, 0.1) is 5.52 Å². The molecule has 0 radical (unpaired) electrons. The molecule has 0 spiro atoms. The summed E-state index contributed by atoms with van der Waals surface area (Å²) >= 11 is 0. The van der Waals surface area contributed by atoms with E-state index in [1.807, 2.05) is 54.6 Å². The fourth-order valence-electron chi connectivity index (χ4n) is 5.10. The lowest BCUT2D eigenvalue weighted by Gasteiger charge is -2.34. The van der Waals surface area contributed by atoms with Crippen LogP contribution in [-0.4, -0.2) is 65.5 Å². The monoisotopic (exact) mass is 619 g/mol. The van der Waals surface area contributed by atoms with Crippen LogP contribution in [0, 0.1) is 0 Å². The highest BCUT2D eigenvalue weighted by atomic mass is 16.6.